The average Bonchev–Trinajstić information content (AvgIpc) is 2.50. The van der Waals surface area contributed by atoms with Crippen molar-refractivity contribution >= 4 is 10.8 Å². The van der Waals surface area contributed by atoms with Crippen LogP contribution in [0.2, 0.25) is 0 Å². The van der Waals surface area contributed by atoms with E-state index in [1.54, 1.807) is 0 Å². The molecule has 0 saturated heterocycles. The Hall–Kier alpha value is -1.84. The average molecular weight is 380 g/mol. The molecule has 2 aromatic rings. The largest absolute Gasteiger partial charge is 0.443 e. The Morgan fingerprint density at radius 2 is 1.20 bits per heavy atom. The summed E-state index contributed by atoms with van der Waals surface area (Å²) < 4.78 is 76.5. The smallest absolute Gasteiger partial charge is 0.358 e. The van der Waals surface area contributed by atoms with Crippen LogP contribution in [0.15, 0.2) is 48.5 Å². The zero-order valence-corrected chi connectivity index (χ0v) is 13.3. The summed E-state index contributed by atoms with van der Waals surface area (Å²) in [4.78, 5) is 0. The maximum atomic E-state index is 13.1. The van der Waals surface area contributed by atoms with Crippen molar-refractivity contribution in [3.63, 3.8) is 0 Å². The van der Waals surface area contributed by atoms with E-state index in [-0.39, 0.29) is 11.1 Å². The molecule has 136 valence electrons. The van der Waals surface area contributed by atoms with E-state index in [2.05, 4.69) is 0 Å². The predicted molar refractivity (Wildman–Crippen MR) is 80.9 cm³/mol. The molecule has 0 aliphatic heterocycles. The molecule has 0 saturated carbocycles. The number of hydrogen-bond donors (Lipinski definition) is 2. The molecule has 0 aromatic heterocycles. The van der Waals surface area contributed by atoms with Gasteiger partial charge in [0.25, 0.3) is 5.79 Å². The fourth-order valence-electron chi connectivity index (χ4n) is 2.13. The highest BCUT2D eigenvalue weighted by Gasteiger charge is 2.54. The Labute approximate surface area is 142 Å². The van der Waals surface area contributed by atoms with Gasteiger partial charge in [0.2, 0.25) is 0 Å². The van der Waals surface area contributed by atoms with Crippen LogP contribution in [0.4, 0.5) is 22.0 Å². The topological polar surface area (TPSA) is 57.5 Å². The van der Waals surface area contributed by atoms with Crippen molar-refractivity contribution in [2.75, 3.05) is 5.75 Å². The van der Waals surface area contributed by atoms with Gasteiger partial charge >= 0.3 is 6.18 Å². The molecule has 0 spiro atoms. The molecule has 2 N–H and O–H groups in total. The van der Waals surface area contributed by atoms with Crippen LogP contribution in [0, 0.1) is 11.6 Å². The van der Waals surface area contributed by atoms with Gasteiger partial charge in [-0.1, -0.05) is 24.3 Å². The van der Waals surface area contributed by atoms with Crippen LogP contribution in [-0.4, -0.2) is 32.1 Å². The molecule has 1 unspecified atom stereocenters. The normalized spacial score (nSPS) is 13.9. The highest BCUT2D eigenvalue weighted by Crippen LogP contribution is 2.34. The van der Waals surface area contributed by atoms with Crippen LogP contribution in [0.25, 0.3) is 0 Å². The molecule has 0 aliphatic rings. The van der Waals surface area contributed by atoms with Crippen molar-refractivity contribution in [1.29, 1.82) is 0 Å². The van der Waals surface area contributed by atoms with Gasteiger partial charge in [-0.05, 0) is 35.4 Å². The van der Waals surface area contributed by atoms with Crippen LogP contribution in [-0.2, 0) is 10.8 Å². The van der Waals surface area contributed by atoms with Crippen LogP contribution in [0.5, 0.6) is 0 Å². The quantitative estimate of drug-likeness (QED) is 0.619. The first-order valence-corrected chi connectivity index (χ1v) is 8.29. The lowest BCUT2D eigenvalue weighted by atomic mass is 10.0. The standard InChI is InChI=1S/C16H13F5O3S/c17-12-5-1-10(2-6-12)14(11-3-7-13(18)8-4-11)25(24)9-15(22,23)16(19,20)21/h1-8,14,22-23H,9H2. The van der Waals surface area contributed by atoms with Crippen molar-refractivity contribution in [3.05, 3.63) is 71.3 Å². The van der Waals surface area contributed by atoms with Crippen LogP contribution in [0.3, 0.4) is 0 Å². The third kappa shape index (κ3) is 4.62. The third-order valence-electron chi connectivity index (χ3n) is 3.41. The Morgan fingerprint density at radius 1 is 0.840 bits per heavy atom. The number of aliphatic hydroxyl groups is 2. The Bertz CT molecular complexity index is 696. The second-order valence-corrected chi connectivity index (χ2v) is 6.84. The lowest BCUT2D eigenvalue weighted by molar-refractivity contribution is -0.337. The van der Waals surface area contributed by atoms with Gasteiger partial charge < -0.3 is 10.2 Å². The van der Waals surface area contributed by atoms with Crippen LogP contribution >= 0.6 is 0 Å². The minimum Gasteiger partial charge on any atom is -0.358 e. The van der Waals surface area contributed by atoms with E-state index in [4.69, 9.17) is 10.2 Å². The van der Waals surface area contributed by atoms with E-state index in [1.807, 2.05) is 0 Å². The van der Waals surface area contributed by atoms with E-state index in [9.17, 15) is 26.2 Å². The number of rotatable bonds is 5. The minimum absolute atomic E-state index is 0.185. The van der Waals surface area contributed by atoms with E-state index >= 15 is 0 Å². The van der Waals surface area contributed by atoms with Gasteiger partial charge in [-0.3, -0.25) is 4.21 Å². The number of halogens is 5. The second kappa shape index (κ2) is 7.19. The van der Waals surface area contributed by atoms with Crippen molar-refractivity contribution in [3.8, 4) is 0 Å². The third-order valence-corrected chi connectivity index (χ3v) is 5.16. The molecule has 0 bridgehead atoms. The first-order chi connectivity index (χ1) is 11.5. The Kier molecular flexibility index (Phi) is 5.60. The summed E-state index contributed by atoms with van der Waals surface area (Å²) in [5.41, 5.74) is 0.369. The molecule has 0 amide bonds. The molecule has 2 aromatic carbocycles. The Morgan fingerprint density at radius 3 is 1.52 bits per heavy atom. The number of alkyl halides is 3. The summed E-state index contributed by atoms with van der Waals surface area (Å²) in [5, 5.41) is 17.1. The predicted octanol–water partition coefficient (Wildman–Crippen LogP) is 3.05. The summed E-state index contributed by atoms with van der Waals surface area (Å²) in [5.74, 6) is -6.89. The summed E-state index contributed by atoms with van der Waals surface area (Å²) in [6.45, 7) is 0. The summed E-state index contributed by atoms with van der Waals surface area (Å²) >= 11 is 0. The van der Waals surface area contributed by atoms with E-state index < -0.39 is 45.4 Å². The fraction of sp³-hybridized carbons (Fsp3) is 0.250. The molecule has 0 radical (unpaired) electrons. The fourth-order valence-corrected chi connectivity index (χ4v) is 3.78. The molecule has 0 heterocycles. The lowest BCUT2D eigenvalue weighted by Gasteiger charge is -2.26. The van der Waals surface area contributed by atoms with Crippen molar-refractivity contribution in [1.82, 2.24) is 0 Å². The van der Waals surface area contributed by atoms with Gasteiger partial charge in [-0.15, -0.1) is 0 Å². The lowest BCUT2D eigenvalue weighted by Crippen LogP contribution is -2.49. The molecule has 25 heavy (non-hydrogen) atoms. The van der Waals surface area contributed by atoms with Gasteiger partial charge in [-0.2, -0.15) is 13.2 Å². The molecule has 1 atom stereocenters. The van der Waals surface area contributed by atoms with Crippen LogP contribution in [0.1, 0.15) is 16.4 Å². The molecule has 3 nitrogen and oxygen atoms in total. The monoisotopic (exact) mass is 380 g/mol. The second-order valence-electron chi connectivity index (χ2n) is 5.32. The van der Waals surface area contributed by atoms with E-state index in [1.165, 1.54) is 24.3 Å². The molecule has 2 rings (SSSR count). The molecular formula is C16H13F5O3S. The summed E-state index contributed by atoms with van der Waals surface area (Å²) in [7, 11) is -2.45. The number of benzene rings is 2. The van der Waals surface area contributed by atoms with Gasteiger partial charge in [0, 0.05) is 10.8 Å². The van der Waals surface area contributed by atoms with Crippen LogP contribution < -0.4 is 0 Å². The molecule has 0 fully saturated rings. The van der Waals surface area contributed by atoms with E-state index in [0.717, 1.165) is 24.3 Å². The van der Waals surface area contributed by atoms with Crippen molar-refractivity contribution in [2.45, 2.75) is 17.2 Å². The van der Waals surface area contributed by atoms with Crippen molar-refractivity contribution < 1.29 is 36.4 Å². The maximum Gasteiger partial charge on any atom is 0.443 e. The number of hydrogen-bond acceptors (Lipinski definition) is 3. The van der Waals surface area contributed by atoms with Gasteiger partial charge in [0.05, 0.1) is 11.0 Å². The zero-order chi connectivity index (χ0) is 18.8. The first kappa shape index (κ1) is 19.5. The SMILES string of the molecule is O=S(CC(O)(O)C(F)(F)F)C(c1ccc(F)cc1)c1ccc(F)cc1. The molecule has 9 heteroatoms. The maximum absolute atomic E-state index is 13.1. The highest BCUT2D eigenvalue weighted by atomic mass is 32.2. The first-order valence-electron chi connectivity index (χ1n) is 6.91. The van der Waals surface area contributed by atoms with Crippen molar-refractivity contribution in [2.24, 2.45) is 0 Å². The summed E-state index contributed by atoms with van der Waals surface area (Å²) in [6.07, 6.45) is -5.40. The summed E-state index contributed by atoms with van der Waals surface area (Å²) in [6, 6.07) is 8.96. The minimum atomic E-state index is -5.40. The highest BCUT2D eigenvalue weighted by molar-refractivity contribution is 7.85. The van der Waals surface area contributed by atoms with Gasteiger partial charge in [-0.25, -0.2) is 8.78 Å². The van der Waals surface area contributed by atoms with Gasteiger partial charge in [0.15, 0.2) is 0 Å². The molecule has 0 aliphatic carbocycles. The zero-order valence-electron chi connectivity index (χ0n) is 12.5. The molecular weight excluding hydrogens is 367 g/mol. The van der Waals surface area contributed by atoms with E-state index in [0.29, 0.717) is 0 Å². The van der Waals surface area contributed by atoms with Gasteiger partial charge in [0.1, 0.15) is 11.6 Å². The Balaban J connectivity index is 2.42.